The number of esters is 3. The first kappa shape index (κ1) is 17.3. The van der Waals surface area contributed by atoms with Crippen molar-refractivity contribution in [3.05, 3.63) is 0 Å². The Balaban J connectivity index is 4.28. The molecule has 0 fully saturated rings. The van der Waals surface area contributed by atoms with Gasteiger partial charge >= 0.3 is 17.9 Å². The van der Waals surface area contributed by atoms with E-state index in [0.717, 1.165) is 13.8 Å². The first-order valence-corrected chi connectivity index (χ1v) is 6.62. The molecule has 1 unspecified atom stereocenters. The van der Waals surface area contributed by atoms with Crippen molar-refractivity contribution >= 4 is 28.0 Å². The van der Waals surface area contributed by atoms with Gasteiger partial charge in [-0.05, 0) is 0 Å². The van der Waals surface area contributed by atoms with Crippen LogP contribution in [0.2, 0.25) is 0 Å². The third-order valence-corrected chi connectivity index (χ3v) is 2.14. The van der Waals surface area contributed by atoms with Crippen LogP contribution in [0, 0.1) is 0 Å². The van der Waals surface area contributed by atoms with Crippen molar-refractivity contribution in [3.63, 3.8) is 0 Å². The van der Waals surface area contributed by atoms with E-state index < -0.39 is 46.5 Å². The second-order valence-corrected chi connectivity index (χ2v) is 4.90. The molecule has 0 aromatic carbocycles. The minimum Gasteiger partial charge on any atom is -0.462 e. The fraction of sp³-hybridized carbons (Fsp3) is 0.667. The molecule has 9 nitrogen and oxygen atoms in total. The van der Waals surface area contributed by atoms with Gasteiger partial charge in [0.15, 0.2) is 11.9 Å². The Morgan fingerprint density at radius 3 is 2.00 bits per heavy atom. The molecule has 0 spiro atoms. The summed E-state index contributed by atoms with van der Waals surface area (Å²) in [7, 11) is -4.49. The average Bonchev–Trinajstić information content (AvgIpc) is 2.18. The zero-order valence-electron chi connectivity index (χ0n) is 10.3. The summed E-state index contributed by atoms with van der Waals surface area (Å²) in [6, 6.07) is 0. The van der Waals surface area contributed by atoms with Gasteiger partial charge in [0.2, 0.25) is 0 Å². The van der Waals surface area contributed by atoms with Gasteiger partial charge < -0.3 is 14.2 Å². The van der Waals surface area contributed by atoms with E-state index in [-0.39, 0.29) is 6.61 Å². The van der Waals surface area contributed by atoms with Crippen molar-refractivity contribution in [1.29, 1.82) is 0 Å². The zero-order chi connectivity index (χ0) is 15.1. The molecule has 10 heteroatoms. The largest absolute Gasteiger partial charge is 0.462 e. The van der Waals surface area contributed by atoms with Gasteiger partial charge in [0.1, 0.15) is 13.2 Å². The van der Waals surface area contributed by atoms with E-state index in [1.807, 2.05) is 0 Å². The van der Waals surface area contributed by atoms with E-state index in [0.29, 0.717) is 0 Å². The van der Waals surface area contributed by atoms with E-state index in [4.69, 9.17) is 4.55 Å². The normalized spacial score (nSPS) is 12.4. The summed E-state index contributed by atoms with van der Waals surface area (Å²) in [5, 5.41) is 0. The van der Waals surface area contributed by atoms with Crippen molar-refractivity contribution in [2.75, 3.05) is 19.0 Å². The Bertz CT molecular complexity index is 439. The lowest BCUT2D eigenvalue weighted by Gasteiger charge is -2.16. The smallest absolute Gasteiger partial charge is 0.323 e. The van der Waals surface area contributed by atoms with Gasteiger partial charge in [0.05, 0.1) is 0 Å². The molecule has 0 rings (SSSR count). The van der Waals surface area contributed by atoms with Crippen LogP contribution in [0.4, 0.5) is 0 Å². The summed E-state index contributed by atoms with van der Waals surface area (Å²) in [5.41, 5.74) is 0. The van der Waals surface area contributed by atoms with E-state index in [9.17, 15) is 22.8 Å². The Kier molecular flexibility index (Phi) is 7.01. The topological polar surface area (TPSA) is 133 Å². The molecule has 110 valence electrons. The van der Waals surface area contributed by atoms with Crippen LogP contribution in [0.25, 0.3) is 0 Å². The van der Waals surface area contributed by atoms with Gasteiger partial charge in [-0.15, -0.1) is 0 Å². The number of hydrogen-bond donors (Lipinski definition) is 1. The lowest BCUT2D eigenvalue weighted by atomic mass is 10.4. The first-order chi connectivity index (χ1) is 8.60. The van der Waals surface area contributed by atoms with Crippen molar-refractivity contribution in [3.8, 4) is 0 Å². The molecule has 0 saturated heterocycles. The molecule has 0 heterocycles. The second kappa shape index (κ2) is 7.69. The predicted octanol–water partition coefficient (Wildman–Crippen LogP) is -1.09. The fourth-order valence-electron chi connectivity index (χ4n) is 0.938. The van der Waals surface area contributed by atoms with Crippen LogP contribution in [0.5, 0.6) is 0 Å². The molecule has 0 amide bonds. The molecule has 0 aliphatic carbocycles. The fourth-order valence-corrected chi connectivity index (χ4v) is 1.32. The van der Waals surface area contributed by atoms with Gasteiger partial charge in [0, 0.05) is 13.8 Å². The van der Waals surface area contributed by atoms with Crippen molar-refractivity contribution in [2.45, 2.75) is 20.0 Å². The van der Waals surface area contributed by atoms with E-state index in [1.54, 1.807) is 0 Å². The molecule has 1 atom stereocenters. The summed E-state index contributed by atoms with van der Waals surface area (Å²) < 4.78 is 42.9. The van der Waals surface area contributed by atoms with Gasteiger partial charge in [-0.2, -0.15) is 8.42 Å². The monoisotopic (exact) mass is 298 g/mol. The number of carbonyl (C=O) groups is 3. The van der Waals surface area contributed by atoms with Gasteiger partial charge in [0.25, 0.3) is 10.1 Å². The van der Waals surface area contributed by atoms with Gasteiger partial charge in [-0.25, -0.2) is 0 Å². The SMILES string of the molecule is CC(=O)OCC(COC(=O)CS(=O)(=O)O)OC(C)=O. The van der Waals surface area contributed by atoms with Crippen LogP contribution in [0.1, 0.15) is 13.8 Å². The third-order valence-electron chi connectivity index (χ3n) is 1.54. The van der Waals surface area contributed by atoms with Crippen LogP contribution in [0.3, 0.4) is 0 Å². The molecule has 0 bridgehead atoms. The molecule has 0 aliphatic heterocycles. The zero-order valence-corrected chi connectivity index (χ0v) is 11.1. The van der Waals surface area contributed by atoms with E-state index in [1.165, 1.54) is 0 Å². The molecule has 0 saturated carbocycles. The molecule has 0 aromatic heterocycles. The predicted molar refractivity (Wildman–Crippen MR) is 59.6 cm³/mol. The highest BCUT2D eigenvalue weighted by atomic mass is 32.2. The summed E-state index contributed by atoms with van der Waals surface area (Å²) in [4.78, 5) is 32.3. The van der Waals surface area contributed by atoms with Crippen molar-refractivity contribution in [1.82, 2.24) is 0 Å². The number of ether oxygens (including phenoxy) is 3. The van der Waals surface area contributed by atoms with Crippen LogP contribution < -0.4 is 0 Å². The molecule has 0 aromatic rings. The molecule has 1 N–H and O–H groups in total. The Morgan fingerprint density at radius 2 is 1.58 bits per heavy atom. The van der Waals surface area contributed by atoms with Gasteiger partial charge in [-0.1, -0.05) is 0 Å². The van der Waals surface area contributed by atoms with E-state index in [2.05, 4.69) is 14.2 Å². The maximum atomic E-state index is 11.0. The summed E-state index contributed by atoms with van der Waals surface area (Å²) >= 11 is 0. The van der Waals surface area contributed by atoms with Crippen LogP contribution in [-0.2, 0) is 38.7 Å². The standard InChI is InChI=1S/C9H14O9S/c1-6(10)16-3-8(18-7(2)11)4-17-9(12)5-19(13,14)15/h8H,3-5H2,1-2H3,(H,13,14,15). The quantitative estimate of drug-likeness (QED) is 0.353. The highest BCUT2D eigenvalue weighted by Crippen LogP contribution is 1.98. The summed E-state index contributed by atoms with van der Waals surface area (Å²) in [6.45, 7) is 1.39. The summed E-state index contributed by atoms with van der Waals surface area (Å²) in [5.74, 6) is -3.75. The van der Waals surface area contributed by atoms with Crippen LogP contribution >= 0.6 is 0 Å². The van der Waals surface area contributed by atoms with Crippen LogP contribution in [0.15, 0.2) is 0 Å². The Morgan fingerprint density at radius 1 is 1.05 bits per heavy atom. The summed E-state index contributed by atoms with van der Waals surface area (Å²) in [6.07, 6.45) is -1.05. The molecule has 19 heavy (non-hydrogen) atoms. The van der Waals surface area contributed by atoms with Crippen molar-refractivity contribution in [2.24, 2.45) is 0 Å². The third kappa shape index (κ3) is 11.2. The second-order valence-electron chi connectivity index (χ2n) is 3.44. The van der Waals surface area contributed by atoms with Crippen molar-refractivity contribution < 1.29 is 41.6 Å². The number of hydrogen-bond acceptors (Lipinski definition) is 8. The minimum absolute atomic E-state index is 0.339. The molecular weight excluding hydrogens is 284 g/mol. The number of carbonyl (C=O) groups excluding carboxylic acids is 3. The minimum atomic E-state index is -4.49. The highest BCUT2D eigenvalue weighted by Gasteiger charge is 2.19. The first-order valence-electron chi connectivity index (χ1n) is 5.01. The number of rotatable bonds is 7. The highest BCUT2D eigenvalue weighted by molar-refractivity contribution is 7.86. The van der Waals surface area contributed by atoms with E-state index >= 15 is 0 Å². The Hall–Kier alpha value is -1.68. The molecular formula is C9H14O9S. The maximum Gasteiger partial charge on any atom is 0.323 e. The lowest BCUT2D eigenvalue weighted by Crippen LogP contribution is -2.31. The Labute approximate surface area is 109 Å². The molecule has 0 radical (unpaired) electrons. The van der Waals surface area contributed by atoms with Gasteiger partial charge in [-0.3, -0.25) is 18.9 Å². The maximum absolute atomic E-state index is 11.0. The molecule has 0 aliphatic rings. The van der Waals surface area contributed by atoms with Crippen LogP contribution in [-0.4, -0.2) is 55.9 Å². The average molecular weight is 298 g/mol. The lowest BCUT2D eigenvalue weighted by molar-refractivity contribution is -0.163.